The Kier molecular flexibility index (Phi) is 6.16. The molecule has 0 aromatic heterocycles. The Bertz CT molecular complexity index is 527. The maximum Gasteiger partial charge on any atom is 0.326 e. The van der Waals surface area contributed by atoms with Crippen molar-refractivity contribution in [2.45, 2.75) is 44.4 Å². The quantitative estimate of drug-likeness (QED) is 0.771. The van der Waals surface area contributed by atoms with Gasteiger partial charge in [0.15, 0.2) is 0 Å². The molecule has 1 aromatic carbocycles. The van der Waals surface area contributed by atoms with Crippen LogP contribution in [0.5, 0.6) is 0 Å². The summed E-state index contributed by atoms with van der Waals surface area (Å²) >= 11 is 0. The first kappa shape index (κ1) is 16.7. The largest absolute Gasteiger partial charge is 0.480 e. The van der Waals surface area contributed by atoms with Crippen LogP contribution in [0.3, 0.4) is 0 Å². The standard InChI is InChI=1S/C14H21NO4S/c1-3-8-12(4-2)20(18,19)15-13(14(16)17)11-9-6-5-7-10-11/h5-7,9-10,12-13,15H,3-4,8H2,1-2H3,(H,16,17)/t12?,13-/m0/s1. The normalized spacial score (nSPS) is 14.7. The van der Waals surface area contributed by atoms with E-state index in [-0.39, 0.29) is 0 Å². The lowest BCUT2D eigenvalue weighted by Gasteiger charge is -2.20. The molecule has 0 saturated carbocycles. The number of carbonyl (C=O) groups is 1. The highest BCUT2D eigenvalue weighted by Crippen LogP contribution is 2.18. The number of carboxylic acid groups (broad SMARTS) is 1. The smallest absolute Gasteiger partial charge is 0.326 e. The van der Waals surface area contributed by atoms with Crippen molar-refractivity contribution in [2.24, 2.45) is 0 Å². The topological polar surface area (TPSA) is 83.5 Å². The van der Waals surface area contributed by atoms with Crippen LogP contribution in [0.15, 0.2) is 30.3 Å². The van der Waals surface area contributed by atoms with Crippen LogP contribution in [0.2, 0.25) is 0 Å². The summed E-state index contributed by atoms with van der Waals surface area (Å²) in [6, 6.07) is 7.07. The van der Waals surface area contributed by atoms with Crippen molar-refractivity contribution < 1.29 is 18.3 Å². The Morgan fingerprint density at radius 2 is 1.85 bits per heavy atom. The second-order valence-corrected chi connectivity index (χ2v) is 6.66. The average molecular weight is 299 g/mol. The van der Waals surface area contributed by atoms with Gasteiger partial charge in [-0.05, 0) is 18.4 Å². The molecule has 5 nitrogen and oxygen atoms in total. The van der Waals surface area contributed by atoms with E-state index in [2.05, 4.69) is 4.72 Å². The average Bonchev–Trinajstić information content (AvgIpc) is 2.42. The third-order valence-corrected chi connectivity index (χ3v) is 5.18. The summed E-state index contributed by atoms with van der Waals surface area (Å²) in [7, 11) is -3.66. The molecule has 0 aliphatic heterocycles. The van der Waals surface area contributed by atoms with Crippen LogP contribution in [0.25, 0.3) is 0 Å². The van der Waals surface area contributed by atoms with Gasteiger partial charge in [0.25, 0.3) is 0 Å². The Hall–Kier alpha value is -1.40. The van der Waals surface area contributed by atoms with E-state index in [1.165, 1.54) is 0 Å². The first-order chi connectivity index (χ1) is 9.42. The molecule has 20 heavy (non-hydrogen) atoms. The van der Waals surface area contributed by atoms with E-state index in [4.69, 9.17) is 0 Å². The van der Waals surface area contributed by atoms with Crippen LogP contribution in [-0.4, -0.2) is 24.7 Å². The van der Waals surface area contributed by atoms with Crippen molar-refractivity contribution >= 4 is 16.0 Å². The van der Waals surface area contributed by atoms with E-state index in [1.807, 2.05) is 6.92 Å². The van der Waals surface area contributed by atoms with Crippen molar-refractivity contribution in [1.29, 1.82) is 0 Å². The molecule has 2 N–H and O–H groups in total. The fourth-order valence-electron chi connectivity index (χ4n) is 2.07. The maximum atomic E-state index is 12.3. The first-order valence-electron chi connectivity index (χ1n) is 6.71. The number of aliphatic carboxylic acids is 1. The molecule has 1 aromatic rings. The van der Waals surface area contributed by atoms with Gasteiger partial charge in [0.2, 0.25) is 10.0 Å². The van der Waals surface area contributed by atoms with Crippen molar-refractivity contribution in [1.82, 2.24) is 4.72 Å². The van der Waals surface area contributed by atoms with Gasteiger partial charge in [0, 0.05) is 0 Å². The molecule has 0 spiro atoms. The molecule has 6 heteroatoms. The monoisotopic (exact) mass is 299 g/mol. The van der Waals surface area contributed by atoms with Crippen LogP contribution >= 0.6 is 0 Å². The van der Waals surface area contributed by atoms with Crippen molar-refractivity contribution in [2.75, 3.05) is 0 Å². The molecule has 0 saturated heterocycles. The van der Waals surface area contributed by atoms with Gasteiger partial charge in [-0.1, -0.05) is 50.6 Å². The van der Waals surface area contributed by atoms with Crippen LogP contribution in [-0.2, 0) is 14.8 Å². The van der Waals surface area contributed by atoms with Crippen molar-refractivity contribution in [3.8, 4) is 0 Å². The number of carboxylic acids is 1. The summed E-state index contributed by atoms with van der Waals surface area (Å²) in [6.07, 6.45) is 1.72. The zero-order valence-electron chi connectivity index (χ0n) is 11.7. The van der Waals surface area contributed by atoms with Gasteiger partial charge in [-0.25, -0.2) is 8.42 Å². The number of nitrogens with one attached hydrogen (secondary N) is 1. The van der Waals surface area contributed by atoms with Crippen molar-refractivity contribution in [3.63, 3.8) is 0 Å². The molecule has 0 aliphatic carbocycles. The molecule has 1 rings (SSSR count). The highest BCUT2D eigenvalue weighted by molar-refractivity contribution is 7.90. The molecule has 0 bridgehead atoms. The van der Waals surface area contributed by atoms with Gasteiger partial charge in [0.05, 0.1) is 5.25 Å². The van der Waals surface area contributed by atoms with E-state index in [1.54, 1.807) is 37.3 Å². The number of benzene rings is 1. The lowest BCUT2D eigenvalue weighted by Crippen LogP contribution is -2.39. The molecular weight excluding hydrogens is 278 g/mol. The first-order valence-corrected chi connectivity index (χ1v) is 8.25. The summed E-state index contributed by atoms with van der Waals surface area (Å²) in [5, 5.41) is 8.69. The van der Waals surface area contributed by atoms with Gasteiger partial charge in [-0.3, -0.25) is 4.79 Å². The van der Waals surface area contributed by atoms with Gasteiger partial charge in [0.1, 0.15) is 6.04 Å². The number of hydrogen-bond acceptors (Lipinski definition) is 3. The summed E-state index contributed by atoms with van der Waals surface area (Å²) in [4.78, 5) is 11.3. The SMILES string of the molecule is CCCC(CC)S(=O)(=O)N[C@H](C(=O)O)c1ccccc1. The molecule has 0 radical (unpaired) electrons. The maximum absolute atomic E-state index is 12.3. The Balaban J connectivity index is 2.99. The Morgan fingerprint density at radius 3 is 2.30 bits per heavy atom. The molecular formula is C14H21NO4S. The minimum atomic E-state index is -3.66. The fraction of sp³-hybridized carbons (Fsp3) is 0.500. The zero-order chi connectivity index (χ0) is 15.2. The lowest BCUT2D eigenvalue weighted by atomic mass is 10.1. The molecule has 112 valence electrons. The van der Waals surface area contributed by atoms with Crippen LogP contribution in [0.4, 0.5) is 0 Å². The second kappa shape index (κ2) is 7.40. The van der Waals surface area contributed by atoms with E-state index in [0.29, 0.717) is 18.4 Å². The second-order valence-electron chi connectivity index (χ2n) is 4.66. The van der Waals surface area contributed by atoms with Crippen LogP contribution in [0.1, 0.15) is 44.7 Å². The molecule has 2 atom stereocenters. The van der Waals surface area contributed by atoms with Gasteiger partial charge in [-0.15, -0.1) is 0 Å². The summed E-state index contributed by atoms with van der Waals surface area (Å²) in [5.74, 6) is -1.20. The third-order valence-electron chi connectivity index (χ3n) is 3.17. The number of rotatable bonds is 8. The minimum absolute atomic E-state index is 0.426. The van der Waals surface area contributed by atoms with Gasteiger partial charge in [-0.2, -0.15) is 4.72 Å². The summed E-state index contributed by atoms with van der Waals surface area (Å²) in [5.41, 5.74) is 0.426. The van der Waals surface area contributed by atoms with E-state index in [9.17, 15) is 18.3 Å². The van der Waals surface area contributed by atoms with Crippen LogP contribution in [0, 0.1) is 0 Å². The number of hydrogen-bond donors (Lipinski definition) is 2. The summed E-state index contributed by atoms with van der Waals surface area (Å²) in [6.45, 7) is 3.70. The van der Waals surface area contributed by atoms with Crippen LogP contribution < -0.4 is 4.72 Å². The summed E-state index contributed by atoms with van der Waals surface area (Å²) < 4.78 is 26.8. The highest BCUT2D eigenvalue weighted by Gasteiger charge is 2.30. The molecule has 0 aliphatic rings. The third kappa shape index (κ3) is 4.31. The highest BCUT2D eigenvalue weighted by atomic mass is 32.2. The molecule has 0 fully saturated rings. The lowest BCUT2D eigenvalue weighted by molar-refractivity contribution is -0.139. The molecule has 1 unspecified atom stereocenters. The molecule has 0 amide bonds. The Labute approximate surface area is 120 Å². The van der Waals surface area contributed by atoms with E-state index < -0.39 is 27.3 Å². The minimum Gasteiger partial charge on any atom is -0.480 e. The Morgan fingerprint density at radius 1 is 1.25 bits per heavy atom. The number of sulfonamides is 1. The predicted molar refractivity (Wildman–Crippen MR) is 77.9 cm³/mol. The molecule has 0 heterocycles. The van der Waals surface area contributed by atoms with E-state index in [0.717, 1.165) is 6.42 Å². The van der Waals surface area contributed by atoms with E-state index >= 15 is 0 Å². The van der Waals surface area contributed by atoms with Crippen molar-refractivity contribution in [3.05, 3.63) is 35.9 Å². The van der Waals surface area contributed by atoms with Gasteiger partial charge >= 0.3 is 5.97 Å². The fourth-order valence-corrected chi connectivity index (χ4v) is 3.81. The zero-order valence-corrected chi connectivity index (χ0v) is 12.6. The van der Waals surface area contributed by atoms with Gasteiger partial charge < -0.3 is 5.11 Å². The predicted octanol–water partition coefficient (Wildman–Crippen LogP) is 2.31.